The van der Waals surface area contributed by atoms with Crippen LogP contribution < -0.4 is 5.32 Å². The molecule has 0 aliphatic carbocycles. The molecule has 27 heavy (non-hydrogen) atoms. The fourth-order valence-electron chi connectivity index (χ4n) is 2.36. The summed E-state index contributed by atoms with van der Waals surface area (Å²) in [4.78, 5) is 12.4. The summed E-state index contributed by atoms with van der Waals surface area (Å²) in [5, 5.41) is 12.6. The molecule has 1 N–H and O–H groups in total. The zero-order chi connectivity index (χ0) is 19.4. The summed E-state index contributed by atoms with van der Waals surface area (Å²) in [6.45, 7) is 1.87. The Hall–Kier alpha value is -2.56. The quantitative estimate of drug-likeness (QED) is 0.276. The maximum Gasteiger partial charge on any atom is 0.266 e. The van der Waals surface area contributed by atoms with Crippen molar-refractivity contribution in [1.29, 1.82) is 5.26 Å². The van der Waals surface area contributed by atoms with E-state index in [1.54, 1.807) is 30.3 Å². The van der Waals surface area contributed by atoms with Crippen LogP contribution >= 0.6 is 34.2 Å². The van der Waals surface area contributed by atoms with Gasteiger partial charge < -0.3 is 9.73 Å². The van der Waals surface area contributed by atoms with Gasteiger partial charge in [0.2, 0.25) is 0 Å². The van der Waals surface area contributed by atoms with Crippen LogP contribution in [-0.2, 0) is 4.79 Å². The van der Waals surface area contributed by atoms with E-state index in [1.807, 2.05) is 37.3 Å². The van der Waals surface area contributed by atoms with E-state index in [2.05, 4.69) is 27.9 Å². The number of aryl methyl sites for hydroxylation is 1. The van der Waals surface area contributed by atoms with Crippen LogP contribution in [0.2, 0.25) is 5.02 Å². The lowest BCUT2D eigenvalue weighted by Crippen LogP contribution is -2.13. The molecule has 1 heterocycles. The van der Waals surface area contributed by atoms with E-state index in [0.29, 0.717) is 22.2 Å². The van der Waals surface area contributed by atoms with Gasteiger partial charge in [0, 0.05) is 25.9 Å². The molecule has 0 atom stereocenters. The van der Waals surface area contributed by atoms with E-state index in [-0.39, 0.29) is 5.57 Å². The first kappa shape index (κ1) is 19.2. The van der Waals surface area contributed by atoms with E-state index in [4.69, 9.17) is 16.0 Å². The normalized spacial score (nSPS) is 11.1. The molecule has 0 aliphatic heterocycles. The van der Waals surface area contributed by atoms with E-state index < -0.39 is 5.91 Å². The minimum Gasteiger partial charge on any atom is -0.457 e. The Morgan fingerprint density at radius 3 is 2.59 bits per heavy atom. The van der Waals surface area contributed by atoms with Crippen LogP contribution in [0.4, 0.5) is 5.69 Å². The summed E-state index contributed by atoms with van der Waals surface area (Å²) in [7, 11) is 0. The number of halogens is 2. The lowest BCUT2D eigenvalue weighted by molar-refractivity contribution is -0.112. The number of hydrogen-bond donors (Lipinski definition) is 1. The molecular formula is C21H14ClIN2O2. The largest absolute Gasteiger partial charge is 0.457 e. The summed E-state index contributed by atoms with van der Waals surface area (Å²) >= 11 is 8.30. The number of nitrogens with zero attached hydrogens (tertiary/aromatic N) is 1. The number of carbonyl (C=O) groups is 1. The third-order valence-electron chi connectivity index (χ3n) is 3.84. The van der Waals surface area contributed by atoms with Crippen molar-refractivity contribution in [3.05, 3.63) is 80.1 Å². The maximum atomic E-state index is 12.4. The minimum atomic E-state index is -0.523. The van der Waals surface area contributed by atoms with Crippen molar-refractivity contribution in [1.82, 2.24) is 0 Å². The predicted molar refractivity (Wildman–Crippen MR) is 115 cm³/mol. The molecule has 3 aromatic rings. The summed E-state index contributed by atoms with van der Waals surface area (Å²) in [6.07, 6.45) is 1.42. The second-order valence-corrected chi connectivity index (χ2v) is 7.45. The number of furan rings is 1. The van der Waals surface area contributed by atoms with Gasteiger partial charge in [-0.25, -0.2) is 0 Å². The second kappa shape index (κ2) is 8.42. The van der Waals surface area contributed by atoms with Crippen molar-refractivity contribution >= 4 is 51.9 Å². The van der Waals surface area contributed by atoms with Gasteiger partial charge in [-0.2, -0.15) is 5.26 Å². The van der Waals surface area contributed by atoms with Crippen LogP contribution in [0.5, 0.6) is 0 Å². The van der Waals surface area contributed by atoms with E-state index in [0.717, 1.165) is 14.7 Å². The van der Waals surface area contributed by atoms with Crippen molar-refractivity contribution in [3.8, 4) is 17.4 Å². The summed E-state index contributed by atoms with van der Waals surface area (Å²) < 4.78 is 6.87. The zero-order valence-electron chi connectivity index (χ0n) is 14.3. The first-order valence-electron chi connectivity index (χ1n) is 8.01. The van der Waals surface area contributed by atoms with E-state index in [9.17, 15) is 10.1 Å². The Labute approximate surface area is 175 Å². The molecular weight excluding hydrogens is 475 g/mol. The monoisotopic (exact) mass is 488 g/mol. The minimum absolute atomic E-state index is 0.0600. The van der Waals surface area contributed by atoms with Crippen LogP contribution in [-0.4, -0.2) is 5.91 Å². The van der Waals surface area contributed by atoms with E-state index >= 15 is 0 Å². The molecule has 1 aromatic heterocycles. The molecule has 0 unspecified atom stereocenters. The smallest absolute Gasteiger partial charge is 0.266 e. The number of carbonyl (C=O) groups excluding carboxylic acids is 1. The molecule has 0 bridgehead atoms. The van der Waals surface area contributed by atoms with Crippen LogP contribution in [0.25, 0.3) is 17.4 Å². The first-order chi connectivity index (χ1) is 13.0. The molecule has 1 amide bonds. The van der Waals surface area contributed by atoms with Gasteiger partial charge in [0.15, 0.2) is 0 Å². The molecule has 3 rings (SSSR count). The van der Waals surface area contributed by atoms with Crippen molar-refractivity contribution in [2.75, 3.05) is 5.32 Å². The first-order valence-corrected chi connectivity index (χ1v) is 9.47. The van der Waals surface area contributed by atoms with E-state index in [1.165, 1.54) is 6.08 Å². The Morgan fingerprint density at radius 2 is 1.93 bits per heavy atom. The summed E-state index contributed by atoms with van der Waals surface area (Å²) in [6, 6.07) is 18.5. The van der Waals surface area contributed by atoms with Gasteiger partial charge in [0.05, 0.1) is 0 Å². The number of nitriles is 1. The van der Waals surface area contributed by atoms with Gasteiger partial charge in [-0.05, 0) is 71.5 Å². The molecule has 0 spiro atoms. The maximum absolute atomic E-state index is 12.4. The van der Waals surface area contributed by atoms with Crippen molar-refractivity contribution < 1.29 is 9.21 Å². The number of hydrogen-bond acceptors (Lipinski definition) is 3. The molecule has 2 aromatic carbocycles. The Morgan fingerprint density at radius 1 is 1.19 bits per heavy atom. The highest BCUT2D eigenvalue weighted by Gasteiger charge is 2.12. The third kappa shape index (κ3) is 4.79. The highest BCUT2D eigenvalue weighted by molar-refractivity contribution is 14.1. The standard InChI is InChI=1S/C21H14ClIN2O2/c1-13-2-7-17(11-19(13)22)25-21(26)15(12-24)10-18-8-9-20(27-18)14-3-5-16(23)6-4-14/h2-11H,1H3,(H,25,26)/b15-10-. The van der Waals surface area contributed by atoms with Gasteiger partial charge in [-0.15, -0.1) is 0 Å². The number of anilines is 1. The topological polar surface area (TPSA) is 66.0 Å². The average molecular weight is 489 g/mol. The molecule has 0 aliphatic rings. The fraction of sp³-hybridized carbons (Fsp3) is 0.0476. The molecule has 0 saturated carbocycles. The molecule has 134 valence electrons. The second-order valence-electron chi connectivity index (χ2n) is 5.80. The third-order valence-corrected chi connectivity index (χ3v) is 4.96. The lowest BCUT2D eigenvalue weighted by Gasteiger charge is -2.06. The summed E-state index contributed by atoms with van der Waals surface area (Å²) in [5.41, 5.74) is 2.29. The van der Waals surface area contributed by atoms with Crippen molar-refractivity contribution in [2.24, 2.45) is 0 Å². The highest BCUT2D eigenvalue weighted by Crippen LogP contribution is 2.25. The van der Waals surface area contributed by atoms with Gasteiger partial charge >= 0.3 is 0 Å². The highest BCUT2D eigenvalue weighted by atomic mass is 127. The number of rotatable bonds is 4. The SMILES string of the molecule is Cc1ccc(NC(=O)/C(C#N)=C\c2ccc(-c3ccc(I)cc3)o2)cc1Cl. The molecule has 0 radical (unpaired) electrons. The van der Waals surface area contributed by atoms with Crippen LogP contribution in [0.1, 0.15) is 11.3 Å². The number of amides is 1. The fourth-order valence-corrected chi connectivity index (χ4v) is 2.90. The molecule has 0 saturated heterocycles. The zero-order valence-corrected chi connectivity index (χ0v) is 17.2. The Kier molecular flexibility index (Phi) is 5.99. The van der Waals surface area contributed by atoms with Crippen LogP contribution in [0.15, 0.2) is 64.6 Å². The average Bonchev–Trinajstić information content (AvgIpc) is 3.12. The van der Waals surface area contributed by atoms with Gasteiger partial charge in [-0.3, -0.25) is 4.79 Å². The van der Waals surface area contributed by atoms with Crippen molar-refractivity contribution in [3.63, 3.8) is 0 Å². The molecule has 4 nitrogen and oxygen atoms in total. The van der Waals surface area contributed by atoms with Crippen LogP contribution in [0.3, 0.4) is 0 Å². The number of nitrogens with one attached hydrogen (secondary N) is 1. The Bertz CT molecular complexity index is 1060. The van der Waals surface area contributed by atoms with Gasteiger partial charge in [0.25, 0.3) is 5.91 Å². The molecule has 0 fully saturated rings. The Balaban J connectivity index is 1.79. The van der Waals surface area contributed by atoms with Gasteiger partial charge in [0.1, 0.15) is 23.2 Å². The lowest BCUT2D eigenvalue weighted by atomic mass is 10.2. The molecule has 6 heteroatoms. The van der Waals surface area contributed by atoms with Gasteiger partial charge in [-0.1, -0.05) is 29.8 Å². The summed E-state index contributed by atoms with van der Waals surface area (Å²) in [5.74, 6) is 0.572. The predicted octanol–water partition coefficient (Wildman–Crippen LogP) is 6.06. The van der Waals surface area contributed by atoms with Crippen LogP contribution in [0, 0.1) is 21.8 Å². The van der Waals surface area contributed by atoms with Crippen molar-refractivity contribution in [2.45, 2.75) is 6.92 Å². The number of benzene rings is 2.